The van der Waals surface area contributed by atoms with Crippen molar-refractivity contribution in [1.82, 2.24) is 5.32 Å². The minimum atomic E-state index is -0.0150. The third kappa shape index (κ3) is 5.70. The Morgan fingerprint density at radius 2 is 2.00 bits per heavy atom. The van der Waals surface area contributed by atoms with E-state index < -0.39 is 0 Å². The second kappa shape index (κ2) is 8.48. The maximum absolute atomic E-state index is 11.9. The Labute approximate surface area is 132 Å². The van der Waals surface area contributed by atoms with Crippen LogP contribution >= 0.6 is 54.5 Å². The van der Waals surface area contributed by atoms with Crippen LogP contribution in [0.25, 0.3) is 0 Å². The molecule has 0 aromatic heterocycles. The number of rotatable bonds is 6. The van der Waals surface area contributed by atoms with Crippen LogP contribution in [0.4, 0.5) is 0 Å². The molecule has 0 spiro atoms. The number of hydrogen-bond acceptors (Lipinski definition) is 1. The molecule has 0 bridgehead atoms. The van der Waals surface area contributed by atoms with Gasteiger partial charge in [-0.2, -0.15) is 0 Å². The SMILES string of the molecule is O=C(NCCCCCI)c1ccc(Br)cc1Br. The van der Waals surface area contributed by atoms with E-state index in [0.717, 1.165) is 21.9 Å². The van der Waals surface area contributed by atoms with Gasteiger partial charge in [0.2, 0.25) is 0 Å². The highest BCUT2D eigenvalue weighted by atomic mass is 127. The lowest BCUT2D eigenvalue weighted by atomic mass is 10.2. The molecule has 0 saturated heterocycles. The fourth-order valence-corrected chi connectivity index (χ4v) is 3.13. The van der Waals surface area contributed by atoms with Gasteiger partial charge in [-0.15, -0.1) is 0 Å². The highest BCUT2D eigenvalue weighted by molar-refractivity contribution is 14.1. The van der Waals surface area contributed by atoms with Crippen LogP contribution in [0.2, 0.25) is 0 Å². The molecule has 0 heterocycles. The van der Waals surface area contributed by atoms with Crippen LogP contribution in [0.5, 0.6) is 0 Å². The van der Waals surface area contributed by atoms with Gasteiger partial charge in [0.05, 0.1) is 5.56 Å². The Morgan fingerprint density at radius 1 is 1.24 bits per heavy atom. The summed E-state index contributed by atoms with van der Waals surface area (Å²) in [6.45, 7) is 0.748. The van der Waals surface area contributed by atoms with Crippen LogP contribution in [0.1, 0.15) is 29.6 Å². The van der Waals surface area contributed by atoms with Crippen LogP contribution in [0, 0.1) is 0 Å². The molecule has 1 N–H and O–H groups in total. The number of carbonyl (C=O) groups excluding carboxylic acids is 1. The summed E-state index contributed by atoms with van der Waals surface area (Å²) in [5, 5.41) is 2.93. The van der Waals surface area contributed by atoms with E-state index in [0.29, 0.717) is 5.56 Å². The van der Waals surface area contributed by atoms with Crippen LogP contribution in [0.3, 0.4) is 0 Å². The molecular weight excluding hydrogens is 461 g/mol. The highest BCUT2D eigenvalue weighted by Crippen LogP contribution is 2.21. The molecular formula is C12H14Br2INO. The van der Waals surface area contributed by atoms with Crippen molar-refractivity contribution in [2.45, 2.75) is 19.3 Å². The van der Waals surface area contributed by atoms with Crippen LogP contribution in [-0.4, -0.2) is 16.9 Å². The van der Waals surface area contributed by atoms with E-state index in [9.17, 15) is 4.79 Å². The Balaban J connectivity index is 2.42. The number of unbranched alkanes of at least 4 members (excludes halogenated alkanes) is 2. The van der Waals surface area contributed by atoms with Crippen molar-refractivity contribution in [2.24, 2.45) is 0 Å². The van der Waals surface area contributed by atoms with Crippen LogP contribution in [-0.2, 0) is 0 Å². The molecule has 0 unspecified atom stereocenters. The molecule has 0 aliphatic carbocycles. The standard InChI is InChI=1S/C12H14Br2INO/c13-9-4-5-10(11(14)8-9)12(17)16-7-3-1-2-6-15/h4-5,8H,1-3,6-7H2,(H,16,17). The molecule has 1 aromatic rings. The van der Waals surface area contributed by atoms with Gasteiger partial charge >= 0.3 is 0 Å². The first kappa shape index (κ1) is 15.4. The third-order valence-electron chi connectivity index (χ3n) is 2.27. The van der Waals surface area contributed by atoms with Crippen molar-refractivity contribution in [1.29, 1.82) is 0 Å². The molecule has 17 heavy (non-hydrogen) atoms. The first-order valence-corrected chi connectivity index (χ1v) is 8.55. The molecule has 1 aromatic carbocycles. The lowest BCUT2D eigenvalue weighted by molar-refractivity contribution is 0.0952. The normalized spacial score (nSPS) is 10.3. The molecule has 5 heteroatoms. The summed E-state index contributed by atoms with van der Waals surface area (Å²) in [4.78, 5) is 11.9. The maximum Gasteiger partial charge on any atom is 0.252 e. The van der Waals surface area contributed by atoms with Gasteiger partial charge < -0.3 is 5.32 Å². The van der Waals surface area contributed by atoms with Crippen molar-refractivity contribution in [3.05, 3.63) is 32.7 Å². The quantitative estimate of drug-likeness (QED) is 0.366. The Kier molecular flexibility index (Phi) is 7.70. The monoisotopic (exact) mass is 473 g/mol. The summed E-state index contributed by atoms with van der Waals surface area (Å²) in [6.07, 6.45) is 3.44. The summed E-state index contributed by atoms with van der Waals surface area (Å²) in [5.41, 5.74) is 0.682. The predicted octanol–water partition coefficient (Wildman–Crippen LogP) is 4.55. The topological polar surface area (TPSA) is 29.1 Å². The summed E-state index contributed by atoms with van der Waals surface area (Å²) in [6, 6.07) is 5.56. The second-order valence-electron chi connectivity index (χ2n) is 3.63. The zero-order valence-corrected chi connectivity index (χ0v) is 14.6. The fourth-order valence-electron chi connectivity index (χ4n) is 1.37. The summed E-state index contributed by atoms with van der Waals surface area (Å²) in [7, 11) is 0. The van der Waals surface area contributed by atoms with Gasteiger partial charge in [-0.05, 0) is 51.4 Å². The zero-order valence-electron chi connectivity index (χ0n) is 9.31. The zero-order chi connectivity index (χ0) is 12.7. The van der Waals surface area contributed by atoms with E-state index in [2.05, 4.69) is 59.8 Å². The molecule has 1 amide bonds. The van der Waals surface area contributed by atoms with Crippen molar-refractivity contribution in [3.63, 3.8) is 0 Å². The Bertz CT molecular complexity index is 385. The third-order valence-corrected chi connectivity index (χ3v) is 4.18. The number of halogens is 3. The number of nitrogens with one attached hydrogen (secondary N) is 1. The summed E-state index contributed by atoms with van der Waals surface area (Å²) in [5.74, 6) is -0.0150. The van der Waals surface area contributed by atoms with Gasteiger partial charge in [-0.3, -0.25) is 4.79 Å². The van der Waals surface area contributed by atoms with Gasteiger partial charge in [-0.1, -0.05) is 44.9 Å². The average molecular weight is 475 g/mol. The average Bonchev–Trinajstić information content (AvgIpc) is 2.28. The Morgan fingerprint density at radius 3 is 2.65 bits per heavy atom. The van der Waals surface area contributed by atoms with Crippen molar-refractivity contribution >= 4 is 60.4 Å². The Hall–Kier alpha value is 0.380. The van der Waals surface area contributed by atoms with E-state index in [1.54, 1.807) is 0 Å². The lowest BCUT2D eigenvalue weighted by Gasteiger charge is -2.07. The molecule has 0 aliphatic heterocycles. The van der Waals surface area contributed by atoms with E-state index in [4.69, 9.17) is 0 Å². The van der Waals surface area contributed by atoms with Crippen molar-refractivity contribution in [2.75, 3.05) is 11.0 Å². The first-order chi connectivity index (χ1) is 8.15. The van der Waals surface area contributed by atoms with Gasteiger partial charge in [0.25, 0.3) is 5.91 Å². The maximum atomic E-state index is 11.9. The molecule has 94 valence electrons. The molecule has 1 rings (SSSR count). The number of benzene rings is 1. The van der Waals surface area contributed by atoms with E-state index in [-0.39, 0.29) is 5.91 Å². The molecule has 0 atom stereocenters. The predicted molar refractivity (Wildman–Crippen MR) is 86.9 cm³/mol. The summed E-state index contributed by atoms with van der Waals surface area (Å²) < 4.78 is 2.96. The molecule has 0 radical (unpaired) electrons. The number of alkyl halides is 1. The van der Waals surface area contributed by atoms with E-state index >= 15 is 0 Å². The second-order valence-corrected chi connectivity index (χ2v) is 6.48. The molecule has 0 aliphatic rings. The van der Waals surface area contributed by atoms with E-state index in [1.807, 2.05) is 18.2 Å². The first-order valence-electron chi connectivity index (χ1n) is 5.44. The molecule has 2 nitrogen and oxygen atoms in total. The minimum Gasteiger partial charge on any atom is -0.352 e. The number of carbonyl (C=O) groups is 1. The lowest BCUT2D eigenvalue weighted by Crippen LogP contribution is -2.24. The molecule has 0 fully saturated rings. The largest absolute Gasteiger partial charge is 0.352 e. The number of amides is 1. The smallest absolute Gasteiger partial charge is 0.252 e. The van der Waals surface area contributed by atoms with Gasteiger partial charge in [0.15, 0.2) is 0 Å². The van der Waals surface area contributed by atoms with Gasteiger partial charge in [0.1, 0.15) is 0 Å². The van der Waals surface area contributed by atoms with Crippen LogP contribution < -0.4 is 5.32 Å². The summed E-state index contributed by atoms with van der Waals surface area (Å²) >= 11 is 9.13. The molecule has 0 saturated carbocycles. The van der Waals surface area contributed by atoms with Crippen LogP contribution in [0.15, 0.2) is 27.1 Å². The highest BCUT2D eigenvalue weighted by Gasteiger charge is 2.09. The van der Waals surface area contributed by atoms with Gasteiger partial charge in [-0.25, -0.2) is 0 Å². The fraction of sp³-hybridized carbons (Fsp3) is 0.417. The minimum absolute atomic E-state index is 0.0150. The number of hydrogen-bond donors (Lipinski definition) is 1. The van der Waals surface area contributed by atoms with Crippen molar-refractivity contribution in [3.8, 4) is 0 Å². The van der Waals surface area contributed by atoms with Gasteiger partial charge in [0, 0.05) is 15.5 Å². The van der Waals surface area contributed by atoms with E-state index in [1.165, 1.54) is 17.3 Å². The van der Waals surface area contributed by atoms with Crippen molar-refractivity contribution < 1.29 is 4.79 Å².